The fraction of sp³-hybridized carbons (Fsp3) is 0.190. The number of benzene rings is 1. The molecule has 2 aromatic heterocycles. The molecule has 0 saturated carbocycles. The molecule has 0 spiro atoms. The summed E-state index contributed by atoms with van der Waals surface area (Å²) in [4.78, 5) is 16.4. The maximum atomic E-state index is 12.9. The van der Waals surface area contributed by atoms with Gasteiger partial charge < -0.3 is 0 Å². The number of rotatable bonds is 5. The van der Waals surface area contributed by atoms with Gasteiger partial charge in [-0.1, -0.05) is 55.2 Å². The van der Waals surface area contributed by atoms with Gasteiger partial charge in [-0.15, -0.1) is 11.3 Å². The third kappa shape index (κ3) is 3.57. The minimum atomic E-state index is -0.0195. The lowest BCUT2D eigenvalue weighted by molar-refractivity contribution is -0.123. The van der Waals surface area contributed by atoms with E-state index in [1.54, 1.807) is 16.2 Å². The van der Waals surface area contributed by atoms with Crippen LogP contribution in [0.5, 0.6) is 0 Å². The van der Waals surface area contributed by atoms with E-state index in [9.17, 15) is 4.79 Å². The van der Waals surface area contributed by atoms with Gasteiger partial charge in [-0.25, -0.2) is 4.68 Å². The van der Waals surface area contributed by atoms with Crippen LogP contribution in [0.3, 0.4) is 0 Å². The van der Waals surface area contributed by atoms with Gasteiger partial charge in [0.1, 0.15) is 10.0 Å². The van der Waals surface area contributed by atoms with E-state index in [-0.39, 0.29) is 11.9 Å². The zero-order valence-electron chi connectivity index (χ0n) is 15.5. The summed E-state index contributed by atoms with van der Waals surface area (Å²) < 4.78 is 2.48. The average Bonchev–Trinajstić information content (AvgIpc) is 3.42. The van der Waals surface area contributed by atoms with E-state index >= 15 is 0 Å². The maximum Gasteiger partial charge on any atom is 0.266 e. The SMILES string of the molecule is CCC(C)N1C(=O)/C(=C/c2cn(-c3ccccc3)nc2-c2cccs2)SC1=S. The first-order valence-corrected chi connectivity index (χ1v) is 11.1. The van der Waals surface area contributed by atoms with Crippen molar-refractivity contribution in [2.45, 2.75) is 26.3 Å². The number of para-hydroxylation sites is 1. The first kappa shape index (κ1) is 19.1. The number of carbonyl (C=O) groups is 1. The van der Waals surface area contributed by atoms with Crippen molar-refractivity contribution in [3.05, 3.63) is 64.5 Å². The summed E-state index contributed by atoms with van der Waals surface area (Å²) in [7, 11) is 0. The molecule has 1 atom stereocenters. The fourth-order valence-electron chi connectivity index (χ4n) is 2.99. The standard InChI is InChI=1S/C21H19N3OS3/c1-3-14(2)24-20(25)18(28-21(24)26)12-15-13-23(16-8-5-4-6-9-16)22-19(15)17-10-7-11-27-17/h4-14H,3H2,1-2H3/b18-12-. The highest BCUT2D eigenvalue weighted by atomic mass is 32.2. The van der Waals surface area contributed by atoms with Crippen LogP contribution in [0.25, 0.3) is 22.3 Å². The summed E-state index contributed by atoms with van der Waals surface area (Å²) in [6.07, 6.45) is 4.76. The van der Waals surface area contributed by atoms with E-state index in [0.717, 1.165) is 28.2 Å². The van der Waals surface area contributed by atoms with Crippen LogP contribution in [0.4, 0.5) is 0 Å². The van der Waals surface area contributed by atoms with Crippen LogP contribution in [0, 0.1) is 0 Å². The molecule has 1 aromatic carbocycles. The summed E-state index contributed by atoms with van der Waals surface area (Å²) in [6.45, 7) is 4.09. The molecule has 7 heteroatoms. The average molecular weight is 426 g/mol. The molecule has 1 amide bonds. The summed E-state index contributed by atoms with van der Waals surface area (Å²) in [5.74, 6) is -0.0195. The predicted molar refractivity (Wildman–Crippen MR) is 122 cm³/mol. The van der Waals surface area contributed by atoms with Gasteiger partial charge in [0.15, 0.2) is 0 Å². The number of aromatic nitrogens is 2. The highest BCUT2D eigenvalue weighted by Gasteiger charge is 2.35. The number of thioether (sulfide) groups is 1. The number of hydrogen-bond acceptors (Lipinski definition) is 5. The minimum absolute atomic E-state index is 0.0195. The van der Waals surface area contributed by atoms with E-state index in [0.29, 0.717) is 9.23 Å². The molecule has 28 heavy (non-hydrogen) atoms. The van der Waals surface area contributed by atoms with Crippen molar-refractivity contribution in [3.63, 3.8) is 0 Å². The summed E-state index contributed by atoms with van der Waals surface area (Å²) in [5, 5.41) is 6.83. The van der Waals surface area contributed by atoms with Crippen LogP contribution in [0.1, 0.15) is 25.8 Å². The zero-order chi connectivity index (χ0) is 19.7. The van der Waals surface area contributed by atoms with Gasteiger partial charge >= 0.3 is 0 Å². The van der Waals surface area contributed by atoms with Gasteiger partial charge in [-0.2, -0.15) is 5.10 Å². The maximum absolute atomic E-state index is 12.9. The number of carbonyl (C=O) groups excluding carboxylic acids is 1. The number of hydrogen-bond donors (Lipinski definition) is 0. The van der Waals surface area contributed by atoms with Gasteiger partial charge in [-0.3, -0.25) is 9.69 Å². The highest BCUT2D eigenvalue weighted by molar-refractivity contribution is 8.26. The molecule has 0 bridgehead atoms. The highest BCUT2D eigenvalue weighted by Crippen LogP contribution is 2.36. The van der Waals surface area contributed by atoms with Crippen molar-refractivity contribution in [3.8, 4) is 16.3 Å². The quantitative estimate of drug-likeness (QED) is 0.394. The lowest BCUT2D eigenvalue weighted by Crippen LogP contribution is -2.36. The Morgan fingerprint density at radius 1 is 1.21 bits per heavy atom. The van der Waals surface area contributed by atoms with E-state index in [4.69, 9.17) is 17.3 Å². The van der Waals surface area contributed by atoms with Gasteiger partial charge in [-0.05, 0) is 43.0 Å². The zero-order valence-corrected chi connectivity index (χ0v) is 18.0. The van der Waals surface area contributed by atoms with Crippen molar-refractivity contribution >= 4 is 51.6 Å². The largest absolute Gasteiger partial charge is 0.290 e. The van der Waals surface area contributed by atoms with Crippen LogP contribution < -0.4 is 0 Å². The Morgan fingerprint density at radius 3 is 2.68 bits per heavy atom. The van der Waals surface area contributed by atoms with Crippen LogP contribution in [-0.2, 0) is 4.79 Å². The Morgan fingerprint density at radius 2 is 2.00 bits per heavy atom. The van der Waals surface area contributed by atoms with Crippen LogP contribution in [0.15, 0.2) is 58.9 Å². The van der Waals surface area contributed by atoms with E-state index in [2.05, 4.69) is 6.92 Å². The van der Waals surface area contributed by atoms with Crippen molar-refractivity contribution in [1.82, 2.24) is 14.7 Å². The molecule has 1 saturated heterocycles. The molecule has 4 nitrogen and oxygen atoms in total. The summed E-state index contributed by atoms with van der Waals surface area (Å²) in [6, 6.07) is 14.1. The van der Waals surface area contributed by atoms with Crippen molar-refractivity contribution < 1.29 is 4.79 Å². The Hall–Kier alpha value is -2.22. The van der Waals surface area contributed by atoms with Crippen molar-refractivity contribution in [1.29, 1.82) is 0 Å². The molecular weight excluding hydrogens is 406 g/mol. The van der Waals surface area contributed by atoms with Crippen molar-refractivity contribution in [2.24, 2.45) is 0 Å². The monoisotopic (exact) mass is 425 g/mol. The van der Waals surface area contributed by atoms with Crippen LogP contribution >= 0.6 is 35.3 Å². The third-order valence-corrected chi connectivity index (χ3v) is 6.87. The molecule has 3 heterocycles. The van der Waals surface area contributed by atoms with Gasteiger partial charge in [0.25, 0.3) is 5.91 Å². The molecule has 1 fully saturated rings. The van der Waals surface area contributed by atoms with Crippen LogP contribution in [-0.4, -0.2) is 30.9 Å². The molecule has 1 aliphatic heterocycles. The Balaban J connectivity index is 1.77. The third-order valence-electron chi connectivity index (χ3n) is 4.66. The Kier molecular flexibility index (Phi) is 5.48. The van der Waals surface area contributed by atoms with E-state index < -0.39 is 0 Å². The molecule has 142 valence electrons. The fourth-order valence-corrected chi connectivity index (χ4v) is 5.18. The predicted octanol–water partition coefficient (Wildman–Crippen LogP) is 5.60. The number of amides is 1. The van der Waals surface area contributed by atoms with Crippen LogP contribution in [0.2, 0.25) is 0 Å². The first-order chi connectivity index (χ1) is 13.6. The smallest absolute Gasteiger partial charge is 0.266 e. The minimum Gasteiger partial charge on any atom is -0.290 e. The lowest BCUT2D eigenvalue weighted by Gasteiger charge is -2.21. The second-order valence-electron chi connectivity index (χ2n) is 6.50. The van der Waals surface area contributed by atoms with Gasteiger partial charge in [0.05, 0.1) is 15.5 Å². The van der Waals surface area contributed by atoms with E-state index in [1.807, 2.05) is 71.7 Å². The van der Waals surface area contributed by atoms with Gasteiger partial charge in [0, 0.05) is 17.8 Å². The second kappa shape index (κ2) is 8.03. The van der Waals surface area contributed by atoms with E-state index in [1.165, 1.54) is 11.8 Å². The molecule has 1 aliphatic rings. The molecular formula is C21H19N3OS3. The molecule has 1 unspecified atom stereocenters. The molecule has 4 rings (SSSR count). The number of thiophene rings is 1. The molecule has 3 aromatic rings. The lowest BCUT2D eigenvalue weighted by atomic mass is 10.2. The normalized spacial score (nSPS) is 16.9. The topological polar surface area (TPSA) is 38.1 Å². The number of thiocarbonyl (C=S) groups is 1. The summed E-state index contributed by atoms with van der Waals surface area (Å²) >= 11 is 8.46. The van der Waals surface area contributed by atoms with Crippen molar-refractivity contribution in [2.75, 3.05) is 0 Å². The Bertz CT molecular complexity index is 1040. The van der Waals surface area contributed by atoms with Gasteiger partial charge in [0.2, 0.25) is 0 Å². The Labute approximate surface area is 177 Å². The molecule has 0 aliphatic carbocycles. The summed E-state index contributed by atoms with van der Waals surface area (Å²) in [5.41, 5.74) is 2.76. The number of nitrogens with zero attached hydrogens (tertiary/aromatic N) is 3. The molecule has 0 radical (unpaired) electrons. The second-order valence-corrected chi connectivity index (χ2v) is 9.12. The first-order valence-electron chi connectivity index (χ1n) is 9.04. The molecule has 0 N–H and O–H groups in total.